The molecule has 0 spiro atoms. The van der Waals surface area contributed by atoms with Gasteiger partial charge in [-0.15, -0.1) is 0 Å². The number of nitrogens with one attached hydrogen (secondary N) is 2. The minimum atomic E-state index is -0.844. The third-order valence-corrected chi connectivity index (χ3v) is 6.92. The highest BCUT2D eigenvalue weighted by Gasteiger charge is 2.30. The molecule has 3 amide bonds. The van der Waals surface area contributed by atoms with E-state index in [1.807, 2.05) is 0 Å². The fraction of sp³-hybridized carbons (Fsp3) is 0.360. The number of para-hydroxylation sites is 1. The van der Waals surface area contributed by atoms with Crippen LogP contribution < -0.4 is 27.4 Å². The molecule has 1 aromatic carbocycles. The van der Waals surface area contributed by atoms with Gasteiger partial charge in [0.25, 0.3) is 11.1 Å². The molecular weight excluding hydrogens is 508 g/mol. The molecule has 0 saturated carbocycles. The molecule has 0 aliphatic carbocycles. The molecule has 4 heterocycles. The van der Waals surface area contributed by atoms with Gasteiger partial charge in [0.15, 0.2) is 11.2 Å². The number of aromatic nitrogens is 6. The van der Waals surface area contributed by atoms with Gasteiger partial charge in [0.2, 0.25) is 17.7 Å². The molecule has 5 rings (SSSR count). The molecule has 1 aliphatic rings. The Kier molecular flexibility index (Phi) is 6.46. The van der Waals surface area contributed by atoms with Gasteiger partial charge < -0.3 is 9.88 Å². The van der Waals surface area contributed by atoms with E-state index >= 15 is 0 Å². The molecule has 2 N–H and O–H groups in total. The number of aryl methyl sites for hydroxylation is 3. The Balaban J connectivity index is 1.34. The molecule has 1 fully saturated rings. The molecule has 0 radical (unpaired) electrons. The van der Waals surface area contributed by atoms with Crippen molar-refractivity contribution in [3.63, 3.8) is 0 Å². The number of benzene rings is 1. The Labute approximate surface area is 219 Å². The normalized spacial score (nSPS) is 15.6. The van der Waals surface area contributed by atoms with E-state index in [4.69, 9.17) is 0 Å². The van der Waals surface area contributed by atoms with Crippen LogP contribution in [0.4, 0.5) is 5.69 Å². The quantitative estimate of drug-likeness (QED) is 0.321. The first kappa shape index (κ1) is 25.8. The molecule has 1 unspecified atom stereocenters. The topological polar surface area (TPSA) is 172 Å². The number of carbonyl (C=O) groups is 3. The predicted molar refractivity (Wildman–Crippen MR) is 140 cm³/mol. The maximum Gasteiger partial charge on any atom is 0.332 e. The van der Waals surface area contributed by atoms with Crippen LogP contribution in [0.25, 0.3) is 22.1 Å². The van der Waals surface area contributed by atoms with Crippen molar-refractivity contribution in [1.82, 2.24) is 33.6 Å². The first-order valence-electron chi connectivity index (χ1n) is 12.3. The van der Waals surface area contributed by atoms with Crippen molar-refractivity contribution >= 4 is 45.5 Å². The zero-order valence-electron chi connectivity index (χ0n) is 21.6. The van der Waals surface area contributed by atoms with Crippen molar-refractivity contribution < 1.29 is 14.4 Å². The number of rotatable bonds is 6. The predicted octanol–water partition coefficient (Wildman–Crippen LogP) is -0.151. The number of imide groups is 1. The SMILES string of the molecule is Cc1nc2c(NC(=O)CCCn3cnc4c3c(=O)n(C)c(=O)n4C)cccc2c(=O)n1C1CCC(=O)NC1=O. The molecule has 1 aliphatic heterocycles. The molecule has 14 nitrogen and oxygen atoms in total. The van der Waals surface area contributed by atoms with Crippen molar-refractivity contribution in [3.8, 4) is 0 Å². The van der Waals surface area contributed by atoms with Crippen LogP contribution in [0.15, 0.2) is 38.9 Å². The van der Waals surface area contributed by atoms with Crippen LogP contribution in [0, 0.1) is 6.92 Å². The van der Waals surface area contributed by atoms with Gasteiger partial charge in [0, 0.05) is 33.5 Å². The molecular formula is C25H26N8O6. The highest BCUT2D eigenvalue weighted by atomic mass is 16.2. The Morgan fingerprint density at radius 3 is 2.62 bits per heavy atom. The average molecular weight is 535 g/mol. The van der Waals surface area contributed by atoms with Gasteiger partial charge in [-0.3, -0.25) is 43.0 Å². The second-order valence-electron chi connectivity index (χ2n) is 9.47. The van der Waals surface area contributed by atoms with Gasteiger partial charge >= 0.3 is 5.69 Å². The van der Waals surface area contributed by atoms with E-state index in [2.05, 4.69) is 20.6 Å². The lowest BCUT2D eigenvalue weighted by Crippen LogP contribution is -2.45. The number of fused-ring (bicyclic) bond motifs is 2. The number of anilines is 1. The molecule has 1 saturated heterocycles. The van der Waals surface area contributed by atoms with Crippen molar-refractivity contribution in [2.75, 3.05) is 5.32 Å². The summed E-state index contributed by atoms with van der Waals surface area (Å²) >= 11 is 0. The number of hydrogen-bond acceptors (Lipinski definition) is 8. The van der Waals surface area contributed by atoms with E-state index in [-0.39, 0.29) is 53.5 Å². The van der Waals surface area contributed by atoms with Crippen molar-refractivity contribution in [2.45, 2.75) is 45.2 Å². The van der Waals surface area contributed by atoms with Gasteiger partial charge in [-0.05, 0) is 31.9 Å². The molecule has 4 aromatic rings. The molecule has 0 bridgehead atoms. The number of amides is 3. The smallest absolute Gasteiger partial charge is 0.325 e. The summed E-state index contributed by atoms with van der Waals surface area (Å²) in [7, 11) is 2.93. The standard InChI is InChI=1S/C25H26N8O6/c1-13-27-19-14(23(37)33(13)16-9-10-18(35)29-22(16)36)6-4-7-15(19)28-17(34)8-5-11-32-12-26-21-20(32)24(38)31(3)25(39)30(21)2/h4,6-7,12,16H,5,8-11H2,1-3H3,(H,28,34)(H,29,35,36). The highest BCUT2D eigenvalue weighted by molar-refractivity contribution is 6.01. The monoisotopic (exact) mass is 534 g/mol. The molecule has 1 atom stereocenters. The average Bonchev–Trinajstić information content (AvgIpc) is 3.32. The van der Waals surface area contributed by atoms with Crippen LogP contribution in [-0.2, 0) is 35.0 Å². The summed E-state index contributed by atoms with van der Waals surface area (Å²) in [5.41, 5.74) is -0.179. The first-order chi connectivity index (χ1) is 18.6. The van der Waals surface area contributed by atoms with Gasteiger partial charge in [-0.25, -0.2) is 14.8 Å². The van der Waals surface area contributed by atoms with Crippen molar-refractivity contribution in [1.29, 1.82) is 0 Å². The summed E-state index contributed by atoms with van der Waals surface area (Å²) in [6.07, 6.45) is 2.27. The number of piperidine rings is 1. The lowest BCUT2D eigenvalue weighted by molar-refractivity contribution is -0.135. The van der Waals surface area contributed by atoms with Crippen molar-refractivity contribution in [2.24, 2.45) is 14.1 Å². The largest absolute Gasteiger partial charge is 0.332 e. The van der Waals surface area contributed by atoms with E-state index in [1.54, 1.807) is 29.7 Å². The van der Waals surface area contributed by atoms with Crippen molar-refractivity contribution in [3.05, 3.63) is 61.5 Å². The number of imidazole rings is 1. The van der Waals surface area contributed by atoms with Gasteiger partial charge in [-0.2, -0.15) is 0 Å². The van der Waals surface area contributed by atoms with Gasteiger partial charge in [0.1, 0.15) is 17.4 Å². The fourth-order valence-electron chi connectivity index (χ4n) is 4.91. The molecule has 202 valence electrons. The fourth-order valence-corrected chi connectivity index (χ4v) is 4.91. The maximum atomic E-state index is 13.3. The minimum Gasteiger partial charge on any atom is -0.325 e. The number of hydrogen-bond donors (Lipinski definition) is 2. The van der Waals surface area contributed by atoms with Crippen LogP contribution in [0.5, 0.6) is 0 Å². The maximum absolute atomic E-state index is 13.3. The van der Waals surface area contributed by atoms with E-state index in [1.165, 1.54) is 29.6 Å². The Morgan fingerprint density at radius 2 is 1.87 bits per heavy atom. The minimum absolute atomic E-state index is 0.106. The summed E-state index contributed by atoms with van der Waals surface area (Å²) in [6, 6.07) is 3.97. The zero-order chi connectivity index (χ0) is 28.0. The molecule has 39 heavy (non-hydrogen) atoms. The van der Waals surface area contributed by atoms with Crippen LogP contribution in [0.1, 0.15) is 37.5 Å². The lowest BCUT2D eigenvalue weighted by atomic mass is 10.1. The summed E-state index contributed by atoms with van der Waals surface area (Å²) in [4.78, 5) is 83.4. The van der Waals surface area contributed by atoms with Crippen LogP contribution in [0.3, 0.4) is 0 Å². The van der Waals surface area contributed by atoms with E-state index in [0.29, 0.717) is 24.2 Å². The first-order valence-corrected chi connectivity index (χ1v) is 12.3. The highest BCUT2D eigenvalue weighted by Crippen LogP contribution is 2.23. The molecule has 3 aromatic heterocycles. The van der Waals surface area contributed by atoms with Crippen LogP contribution >= 0.6 is 0 Å². The Bertz CT molecular complexity index is 1860. The van der Waals surface area contributed by atoms with Gasteiger partial charge in [-0.1, -0.05) is 6.07 Å². The Morgan fingerprint density at radius 1 is 1.10 bits per heavy atom. The second kappa shape index (κ2) is 9.78. The van der Waals surface area contributed by atoms with E-state index in [9.17, 15) is 28.8 Å². The summed E-state index contributed by atoms with van der Waals surface area (Å²) in [5, 5.41) is 5.29. The second-order valence-corrected chi connectivity index (χ2v) is 9.47. The summed E-state index contributed by atoms with van der Waals surface area (Å²) in [6.45, 7) is 1.92. The summed E-state index contributed by atoms with van der Waals surface area (Å²) in [5.74, 6) is -0.963. The van der Waals surface area contributed by atoms with Crippen LogP contribution in [0.2, 0.25) is 0 Å². The van der Waals surface area contributed by atoms with E-state index in [0.717, 1.165) is 4.57 Å². The summed E-state index contributed by atoms with van der Waals surface area (Å²) < 4.78 is 5.20. The third-order valence-electron chi connectivity index (χ3n) is 6.92. The number of carbonyl (C=O) groups excluding carboxylic acids is 3. The van der Waals surface area contributed by atoms with Crippen LogP contribution in [-0.4, -0.2) is 46.0 Å². The third kappa shape index (κ3) is 4.43. The Hall–Kier alpha value is -4.88. The zero-order valence-corrected chi connectivity index (χ0v) is 21.6. The molecule has 14 heteroatoms. The van der Waals surface area contributed by atoms with E-state index < -0.39 is 28.8 Å². The van der Waals surface area contributed by atoms with Gasteiger partial charge in [0.05, 0.1) is 17.4 Å². The number of nitrogens with zero attached hydrogens (tertiary/aromatic N) is 6. The lowest BCUT2D eigenvalue weighted by Gasteiger charge is -2.24.